The number of carbonyl (C=O) groups excluding carboxylic acids is 2. The summed E-state index contributed by atoms with van der Waals surface area (Å²) in [5, 5.41) is 3.01. The maximum absolute atomic E-state index is 13.9. The number of hydrogen-bond acceptors (Lipinski definition) is 4. The molecule has 0 saturated heterocycles. The number of likely N-dealkylation sites (N-methyl/N-ethyl adjacent to an activating group) is 1. The molecule has 0 radical (unpaired) electrons. The standard InChI is InChI=1S/C29H34ClN3O4S/c1-6-27(29(35)31-5)32(18-23-9-7-8-21(3)16-23)28(34)19-33(24-13-12-22(4)26(30)17-24)38(36,37)25-14-10-20(2)11-15-25/h7-17,27H,6,18-19H2,1-5H3,(H,31,35)/t27-/m0/s1. The highest BCUT2D eigenvalue weighted by Gasteiger charge is 2.33. The van der Waals surface area contributed by atoms with Gasteiger partial charge in [-0.25, -0.2) is 8.42 Å². The highest BCUT2D eigenvalue weighted by Crippen LogP contribution is 2.29. The zero-order valence-corrected chi connectivity index (χ0v) is 23.9. The molecule has 0 aliphatic carbocycles. The van der Waals surface area contributed by atoms with Crippen LogP contribution in [0.4, 0.5) is 5.69 Å². The number of carbonyl (C=O) groups is 2. The summed E-state index contributed by atoms with van der Waals surface area (Å²) in [6.07, 6.45) is 0.359. The summed E-state index contributed by atoms with van der Waals surface area (Å²) in [5.74, 6) is -0.825. The number of hydrogen-bond donors (Lipinski definition) is 1. The van der Waals surface area contributed by atoms with Gasteiger partial charge in [0.25, 0.3) is 10.0 Å². The molecule has 38 heavy (non-hydrogen) atoms. The van der Waals surface area contributed by atoms with Gasteiger partial charge in [0.05, 0.1) is 10.6 Å². The van der Waals surface area contributed by atoms with Gasteiger partial charge in [-0.2, -0.15) is 0 Å². The van der Waals surface area contributed by atoms with Gasteiger partial charge in [0, 0.05) is 18.6 Å². The van der Waals surface area contributed by atoms with E-state index in [-0.39, 0.29) is 23.0 Å². The molecule has 0 saturated carbocycles. The van der Waals surface area contributed by atoms with Crippen LogP contribution in [0, 0.1) is 20.8 Å². The third kappa shape index (κ3) is 6.74. The van der Waals surface area contributed by atoms with E-state index in [1.54, 1.807) is 24.3 Å². The molecule has 0 aromatic heterocycles. The first-order valence-electron chi connectivity index (χ1n) is 12.4. The maximum atomic E-state index is 13.9. The molecule has 1 atom stereocenters. The summed E-state index contributed by atoms with van der Waals surface area (Å²) >= 11 is 6.36. The molecule has 0 heterocycles. The molecule has 3 aromatic carbocycles. The fraction of sp³-hybridized carbons (Fsp3) is 0.310. The molecule has 3 aromatic rings. The number of rotatable bonds is 10. The average Bonchev–Trinajstić information content (AvgIpc) is 2.88. The largest absolute Gasteiger partial charge is 0.357 e. The Morgan fingerprint density at radius 3 is 2.21 bits per heavy atom. The van der Waals surface area contributed by atoms with E-state index in [9.17, 15) is 18.0 Å². The smallest absolute Gasteiger partial charge is 0.264 e. The molecule has 9 heteroatoms. The van der Waals surface area contributed by atoms with Crippen LogP contribution in [0.2, 0.25) is 5.02 Å². The van der Waals surface area contributed by atoms with Crippen LogP contribution in [-0.2, 0) is 26.2 Å². The van der Waals surface area contributed by atoms with E-state index in [0.29, 0.717) is 11.4 Å². The summed E-state index contributed by atoms with van der Waals surface area (Å²) in [6, 6.07) is 18.2. The molecular weight excluding hydrogens is 522 g/mol. The first-order valence-corrected chi connectivity index (χ1v) is 14.2. The summed E-state index contributed by atoms with van der Waals surface area (Å²) in [6.45, 7) is 7.09. The van der Waals surface area contributed by atoms with Gasteiger partial charge >= 0.3 is 0 Å². The van der Waals surface area contributed by atoms with Crippen molar-refractivity contribution in [1.29, 1.82) is 0 Å². The van der Waals surface area contributed by atoms with Crippen LogP contribution in [0.25, 0.3) is 0 Å². The summed E-state index contributed by atoms with van der Waals surface area (Å²) in [5.41, 5.74) is 3.80. The van der Waals surface area contributed by atoms with Crippen molar-refractivity contribution in [2.45, 2.75) is 51.6 Å². The van der Waals surface area contributed by atoms with Gasteiger partial charge < -0.3 is 10.2 Å². The van der Waals surface area contributed by atoms with Crippen LogP contribution in [0.1, 0.15) is 35.6 Å². The number of nitrogens with one attached hydrogen (secondary N) is 1. The lowest BCUT2D eigenvalue weighted by molar-refractivity contribution is -0.140. The number of halogens is 1. The molecule has 0 aliphatic rings. The second-order valence-corrected chi connectivity index (χ2v) is 11.6. The molecule has 0 bridgehead atoms. The Bertz CT molecular complexity index is 1410. The van der Waals surface area contributed by atoms with Gasteiger partial charge in [-0.3, -0.25) is 13.9 Å². The van der Waals surface area contributed by atoms with Crippen molar-refractivity contribution in [3.05, 3.63) is 94.0 Å². The first kappa shape index (κ1) is 29.2. The van der Waals surface area contributed by atoms with Gasteiger partial charge in [-0.1, -0.05) is 72.1 Å². The average molecular weight is 556 g/mol. The fourth-order valence-corrected chi connectivity index (χ4v) is 5.78. The number of anilines is 1. The third-order valence-corrected chi connectivity index (χ3v) is 8.59. The van der Waals surface area contributed by atoms with Gasteiger partial charge in [0.15, 0.2) is 0 Å². The van der Waals surface area contributed by atoms with Crippen LogP contribution >= 0.6 is 11.6 Å². The predicted molar refractivity (Wildman–Crippen MR) is 152 cm³/mol. The molecule has 1 N–H and O–H groups in total. The maximum Gasteiger partial charge on any atom is 0.264 e. The minimum absolute atomic E-state index is 0.0520. The van der Waals surface area contributed by atoms with Gasteiger partial charge in [-0.15, -0.1) is 0 Å². The molecule has 3 rings (SSSR count). The van der Waals surface area contributed by atoms with Crippen LogP contribution < -0.4 is 9.62 Å². The topological polar surface area (TPSA) is 86.8 Å². The molecule has 7 nitrogen and oxygen atoms in total. The van der Waals surface area contributed by atoms with Crippen molar-refractivity contribution in [3.8, 4) is 0 Å². The van der Waals surface area contributed by atoms with Crippen LogP contribution in [0.5, 0.6) is 0 Å². The Labute approximate surface area is 230 Å². The normalized spacial score (nSPS) is 12.1. The predicted octanol–water partition coefficient (Wildman–Crippen LogP) is 5.01. The van der Waals surface area contributed by atoms with Crippen molar-refractivity contribution in [2.24, 2.45) is 0 Å². The highest BCUT2D eigenvalue weighted by atomic mass is 35.5. The van der Waals surface area contributed by atoms with E-state index in [2.05, 4.69) is 5.32 Å². The van der Waals surface area contributed by atoms with Crippen molar-refractivity contribution in [2.75, 3.05) is 17.9 Å². The second-order valence-electron chi connectivity index (χ2n) is 9.31. The lowest BCUT2D eigenvalue weighted by Crippen LogP contribution is -2.51. The van der Waals surface area contributed by atoms with Gasteiger partial charge in [0.1, 0.15) is 12.6 Å². The minimum Gasteiger partial charge on any atom is -0.357 e. The third-order valence-electron chi connectivity index (χ3n) is 6.40. The Morgan fingerprint density at radius 2 is 1.63 bits per heavy atom. The number of sulfonamides is 1. The number of amides is 2. The van der Waals surface area contributed by atoms with Crippen LogP contribution in [-0.4, -0.2) is 44.8 Å². The summed E-state index contributed by atoms with van der Waals surface area (Å²) < 4.78 is 28.8. The zero-order chi connectivity index (χ0) is 28.0. The molecule has 2 amide bonds. The lowest BCUT2D eigenvalue weighted by atomic mass is 10.1. The van der Waals surface area contributed by atoms with Crippen molar-refractivity contribution < 1.29 is 18.0 Å². The first-order chi connectivity index (χ1) is 18.0. The molecule has 0 aliphatic heterocycles. The number of nitrogens with zero attached hydrogens (tertiary/aromatic N) is 2. The molecule has 202 valence electrons. The fourth-order valence-electron chi connectivity index (χ4n) is 4.20. The summed E-state index contributed by atoms with van der Waals surface area (Å²) in [7, 11) is -2.62. The number of benzene rings is 3. The van der Waals surface area contributed by atoms with Crippen LogP contribution in [0.15, 0.2) is 71.6 Å². The Hall–Kier alpha value is -3.36. The van der Waals surface area contributed by atoms with Crippen LogP contribution in [0.3, 0.4) is 0 Å². The van der Waals surface area contributed by atoms with E-state index in [1.807, 2.05) is 52.0 Å². The van der Waals surface area contributed by atoms with E-state index < -0.39 is 28.5 Å². The second kappa shape index (κ2) is 12.5. The Morgan fingerprint density at radius 1 is 0.947 bits per heavy atom. The molecule has 0 unspecified atom stereocenters. The van der Waals surface area contributed by atoms with Gasteiger partial charge in [-0.05, 0) is 62.6 Å². The lowest BCUT2D eigenvalue weighted by Gasteiger charge is -2.33. The van der Waals surface area contributed by atoms with E-state index in [0.717, 1.165) is 26.6 Å². The molecule has 0 fully saturated rings. The minimum atomic E-state index is -4.14. The highest BCUT2D eigenvalue weighted by molar-refractivity contribution is 7.92. The molecular formula is C29H34ClN3O4S. The van der Waals surface area contributed by atoms with Gasteiger partial charge in [0.2, 0.25) is 11.8 Å². The van der Waals surface area contributed by atoms with E-state index in [1.165, 1.54) is 30.1 Å². The SMILES string of the molecule is CC[C@@H](C(=O)NC)N(Cc1cccc(C)c1)C(=O)CN(c1ccc(C)c(Cl)c1)S(=O)(=O)c1ccc(C)cc1. The van der Waals surface area contributed by atoms with E-state index >= 15 is 0 Å². The zero-order valence-electron chi connectivity index (χ0n) is 22.4. The van der Waals surface area contributed by atoms with Crippen molar-refractivity contribution in [1.82, 2.24) is 10.2 Å². The van der Waals surface area contributed by atoms with E-state index in [4.69, 9.17) is 11.6 Å². The summed E-state index contributed by atoms with van der Waals surface area (Å²) in [4.78, 5) is 28.2. The quantitative estimate of drug-likeness (QED) is 0.381. The Balaban J connectivity index is 2.09. The van der Waals surface area contributed by atoms with Crippen molar-refractivity contribution in [3.63, 3.8) is 0 Å². The number of aryl methyl sites for hydroxylation is 3. The molecule has 0 spiro atoms. The Kier molecular flexibility index (Phi) is 9.57. The van der Waals surface area contributed by atoms with Crippen molar-refractivity contribution >= 4 is 39.1 Å². The monoisotopic (exact) mass is 555 g/mol.